The highest BCUT2D eigenvalue weighted by Gasteiger charge is 2.47. The maximum absolute atomic E-state index is 12.4. The SMILES string of the molecule is CCC1(CC)CN(CCCC(F)(F)F)C2(CCCC2)CN1. The van der Waals surface area contributed by atoms with Crippen LogP contribution in [0.2, 0.25) is 0 Å². The van der Waals surface area contributed by atoms with Gasteiger partial charge in [-0.1, -0.05) is 26.7 Å². The van der Waals surface area contributed by atoms with Crippen molar-refractivity contribution in [2.24, 2.45) is 0 Å². The standard InChI is InChI=1S/C16H29F3N2/c1-3-14(4-2)13-21(11-7-10-16(17,18)19)15(12-20-14)8-5-6-9-15/h20H,3-13H2,1-2H3. The Morgan fingerprint density at radius 1 is 1.10 bits per heavy atom. The predicted molar refractivity (Wildman–Crippen MR) is 79.4 cm³/mol. The second-order valence-electron chi connectivity index (χ2n) is 6.91. The molecule has 1 N–H and O–H groups in total. The summed E-state index contributed by atoms with van der Waals surface area (Å²) in [5.74, 6) is 0. The molecule has 1 aliphatic carbocycles. The Balaban J connectivity index is 2.03. The van der Waals surface area contributed by atoms with Crippen LogP contribution in [0.25, 0.3) is 0 Å². The molecule has 2 fully saturated rings. The summed E-state index contributed by atoms with van der Waals surface area (Å²) in [5, 5.41) is 3.74. The van der Waals surface area contributed by atoms with Gasteiger partial charge in [0.25, 0.3) is 0 Å². The van der Waals surface area contributed by atoms with Crippen LogP contribution < -0.4 is 5.32 Å². The van der Waals surface area contributed by atoms with Gasteiger partial charge in [0.15, 0.2) is 0 Å². The van der Waals surface area contributed by atoms with Crippen LogP contribution in [0.1, 0.15) is 65.2 Å². The van der Waals surface area contributed by atoms with E-state index in [9.17, 15) is 13.2 Å². The molecule has 0 radical (unpaired) electrons. The van der Waals surface area contributed by atoms with Crippen LogP contribution in [0.15, 0.2) is 0 Å². The van der Waals surface area contributed by atoms with E-state index in [-0.39, 0.29) is 17.5 Å². The lowest BCUT2D eigenvalue weighted by atomic mass is 9.82. The molecule has 2 aliphatic rings. The number of alkyl halides is 3. The zero-order valence-corrected chi connectivity index (χ0v) is 13.4. The number of piperazine rings is 1. The average Bonchev–Trinajstić information content (AvgIpc) is 2.90. The average molecular weight is 306 g/mol. The molecule has 0 aromatic carbocycles. The zero-order chi connectivity index (χ0) is 15.6. The lowest BCUT2D eigenvalue weighted by Crippen LogP contribution is -2.69. The van der Waals surface area contributed by atoms with Crippen LogP contribution in [0.5, 0.6) is 0 Å². The number of nitrogens with one attached hydrogen (secondary N) is 1. The van der Waals surface area contributed by atoms with Crippen molar-refractivity contribution >= 4 is 0 Å². The first-order valence-electron chi connectivity index (χ1n) is 8.42. The van der Waals surface area contributed by atoms with Crippen LogP contribution in [-0.4, -0.2) is 41.8 Å². The van der Waals surface area contributed by atoms with E-state index in [0.29, 0.717) is 6.54 Å². The number of rotatable bonds is 5. The fourth-order valence-corrected chi connectivity index (χ4v) is 4.09. The summed E-state index contributed by atoms with van der Waals surface area (Å²) in [6, 6.07) is 0. The quantitative estimate of drug-likeness (QED) is 0.822. The summed E-state index contributed by atoms with van der Waals surface area (Å²) in [5.41, 5.74) is 0.214. The van der Waals surface area contributed by atoms with E-state index >= 15 is 0 Å². The molecule has 1 heterocycles. The number of nitrogens with zero attached hydrogens (tertiary/aromatic N) is 1. The smallest absolute Gasteiger partial charge is 0.308 e. The van der Waals surface area contributed by atoms with Gasteiger partial charge in [0.1, 0.15) is 0 Å². The molecule has 0 aromatic rings. The fourth-order valence-electron chi connectivity index (χ4n) is 4.09. The van der Waals surface area contributed by atoms with E-state index in [0.717, 1.165) is 38.8 Å². The summed E-state index contributed by atoms with van der Waals surface area (Å²) in [7, 11) is 0. The van der Waals surface area contributed by atoms with Crippen molar-refractivity contribution in [2.75, 3.05) is 19.6 Å². The first-order chi connectivity index (χ1) is 9.85. The Labute approximate surface area is 126 Å². The zero-order valence-electron chi connectivity index (χ0n) is 13.4. The lowest BCUT2D eigenvalue weighted by Gasteiger charge is -2.53. The number of hydrogen-bond donors (Lipinski definition) is 1. The molecule has 21 heavy (non-hydrogen) atoms. The fraction of sp³-hybridized carbons (Fsp3) is 1.00. The third-order valence-electron chi connectivity index (χ3n) is 5.73. The third kappa shape index (κ3) is 3.92. The largest absolute Gasteiger partial charge is 0.389 e. The molecule has 1 saturated carbocycles. The van der Waals surface area contributed by atoms with Gasteiger partial charge in [0.05, 0.1) is 0 Å². The molecule has 124 valence electrons. The maximum Gasteiger partial charge on any atom is 0.389 e. The van der Waals surface area contributed by atoms with Gasteiger partial charge in [-0.25, -0.2) is 0 Å². The number of halogens is 3. The minimum absolute atomic E-state index is 0.0894. The molecular formula is C16H29F3N2. The Bertz CT molecular complexity index is 331. The Hall–Kier alpha value is -0.290. The molecule has 1 aliphatic heterocycles. The lowest BCUT2D eigenvalue weighted by molar-refractivity contribution is -0.137. The van der Waals surface area contributed by atoms with Crippen molar-refractivity contribution in [2.45, 2.75) is 82.5 Å². The Morgan fingerprint density at radius 3 is 2.24 bits per heavy atom. The molecule has 5 heteroatoms. The molecule has 0 bridgehead atoms. The second-order valence-corrected chi connectivity index (χ2v) is 6.91. The number of hydrogen-bond acceptors (Lipinski definition) is 2. The monoisotopic (exact) mass is 306 g/mol. The summed E-state index contributed by atoms with van der Waals surface area (Å²) in [6.07, 6.45) is 2.32. The van der Waals surface area contributed by atoms with Crippen LogP contribution in [-0.2, 0) is 0 Å². The molecule has 1 saturated heterocycles. The molecule has 2 rings (SSSR count). The first-order valence-corrected chi connectivity index (χ1v) is 8.42. The second kappa shape index (κ2) is 6.45. The summed E-state index contributed by atoms with van der Waals surface area (Å²) in [6.45, 7) is 6.79. The van der Waals surface area contributed by atoms with Crippen LogP contribution in [0, 0.1) is 0 Å². The Kier molecular flexibility index (Phi) is 5.24. The van der Waals surface area contributed by atoms with Crippen molar-refractivity contribution < 1.29 is 13.2 Å². The third-order valence-corrected chi connectivity index (χ3v) is 5.73. The van der Waals surface area contributed by atoms with Gasteiger partial charge in [-0.3, -0.25) is 4.90 Å². The highest BCUT2D eigenvalue weighted by Crippen LogP contribution is 2.40. The van der Waals surface area contributed by atoms with Gasteiger partial charge < -0.3 is 5.32 Å². The molecule has 0 unspecified atom stereocenters. The van der Waals surface area contributed by atoms with Crippen molar-refractivity contribution in [3.63, 3.8) is 0 Å². The normalized spacial score (nSPS) is 25.6. The summed E-state index contributed by atoms with van der Waals surface area (Å²) < 4.78 is 37.3. The van der Waals surface area contributed by atoms with Gasteiger partial charge in [-0.05, 0) is 38.6 Å². The minimum Gasteiger partial charge on any atom is -0.308 e. The topological polar surface area (TPSA) is 15.3 Å². The van der Waals surface area contributed by atoms with Crippen molar-refractivity contribution in [1.82, 2.24) is 10.2 Å². The molecule has 1 spiro atoms. The first kappa shape index (κ1) is 17.1. The van der Waals surface area contributed by atoms with Gasteiger partial charge in [-0.15, -0.1) is 0 Å². The van der Waals surface area contributed by atoms with E-state index in [2.05, 4.69) is 24.1 Å². The minimum atomic E-state index is -4.02. The van der Waals surface area contributed by atoms with Gasteiger partial charge in [-0.2, -0.15) is 13.2 Å². The molecule has 0 amide bonds. The molecule has 2 nitrogen and oxygen atoms in total. The summed E-state index contributed by atoms with van der Waals surface area (Å²) >= 11 is 0. The van der Waals surface area contributed by atoms with Gasteiger partial charge in [0.2, 0.25) is 0 Å². The van der Waals surface area contributed by atoms with Crippen molar-refractivity contribution in [3.05, 3.63) is 0 Å². The van der Waals surface area contributed by atoms with Crippen LogP contribution in [0.3, 0.4) is 0 Å². The van der Waals surface area contributed by atoms with Crippen molar-refractivity contribution in [1.29, 1.82) is 0 Å². The van der Waals surface area contributed by atoms with E-state index in [4.69, 9.17) is 0 Å². The van der Waals surface area contributed by atoms with Crippen molar-refractivity contribution in [3.8, 4) is 0 Å². The van der Waals surface area contributed by atoms with E-state index < -0.39 is 12.6 Å². The molecule has 0 aromatic heterocycles. The maximum atomic E-state index is 12.4. The summed E-state index contributed by atoms with van der Waals surface area (Å²) in [4.78, 5) is 2.40. The van der Waals surface area contributed by atoms with Crippen LogP contribution in [0.4, 0.5) is 13.2 Å². The highest BCUT2D eigenvalue weighted by atomic mass is 19.4. The van der Waals surface area contributed by atoms with E-state index in [1.807, 2.05) is 0 Å². The molecular weight excluding hydrogens is 277 g/mol. The predicted octanol–water partition coefficient (Wildman–Crippen LogP) is 4.11. The van der Waals surface area contributed by atoms with E-state index in [1.165, 1.54) is 12.8 Å². The van der Waals surface area contributed by atoms with Crippen LogP contribution >= 0.6 is 0 Å². The van der Waals surface area contributed by atoms with E-state index in [1.54, 1.807) is 0 Å². The highest BCUT2D eigenvalue weighted by molar-refractivity contribution is 5.06. The molecule has 0 atom stereocenters. The van der Waals surface area contributed by atoms with Gasteiger partial charge >= 0.3 is 6.18 Å². The van der Waals surface area contributed by atoms with Gasteiger partial charge in [0, 0.05) is 30.6 Å². The Morgan fingerprint density at radius 2 is 1.71 bits per heavy atom.